The van der Waals surface area contributed by atoms with Crippen LogP contribution in [0.4, 0.5) is 0 Å². The molecule has 3 heteroatoms. The zero-order valence-electron chi connectivity index (χ0n) is 10.6. The predicted octanol–water partition coefficient (Wildman–Crippen LogP) is 1.91. The van der Waals surface area contributed by atoms with Gasteiger partial charge in [0.05, 0.1) is 0 Å². The zero-order valence-corrected chi connectivity index (χ0v) is 10.6. The van der Waals surface area contributed by atoms with Crippen molar-refractivity contribution in [3.63, 3.8) is 0 Å². The van der Waals surface area contributed by atoms with Crippen LogP contribution in [0.5, 0.6) is 0 Å². The van der Waals surface area contributed by atoms with Crippen LogP contribution < -0.4 is 5.32 Å². The standard InChI is InChI=1S/C16H17NO2/c18-15(11-13-7-3-1-4-8-13)16(19)17-12-14-9-5-2-6-10-14/h1-10,15,18H,11-12H2,(H,17,19). The maximum absolute atomic E-state index is 11.8. The number of aliphatic hydroxyl groups excluding tert-OH is 1. The van der Waals surface area contributed by atoms with E-state index in [1.54, 1.807) is 0 Å². The van der Waals surface area contributed by atoms with Crippen molar-refractivity contribution in [2.24, 2.45) is 0 Å². The summed E-state index contributed by atoms with van der Waals surface area (Å²) in [5.41, 5.74) is 1.97. The average Bonchev–Trinajstić information content (AvgIpc) is 2.47. The van der Waals surface area contributed by atoms with Crippen LogP contribution in [0, 0.1) is 0 Å². The van der Waals surface area contributed by atoms with Gasteiger partial charge in [-0.05, 0) is 11.1 Å². The molecule has 2 N–H and O–H groups in total. The molecular weight excluding hydrogens is 238 g/mol. The van der Waals surface area contributed by atoms with Gasteiger partial charge in [-0.25, -0.2) is 0 Å². The Morgan fingerprint density at radius 2 is 1.47 bits per heavy atom. The Balaban J connectivity index is 1.83. The number of nitrogens with one attached hydrogen (secondary N) is 1. The molecule has 1 atom stereocenters. The summed E-state index contributed by atoms with van der Waals surface area (Å²) in [5, 5.41) is 12.6. The summed E-state index contributed by atoms with van der Waals surface area (Å²) in [5.74, 6) is -0.340. The molecule has 0 spiro atoms. The van der Waals surface area contributed by atoms with E-state index in [1.165, 1.54) is 0 Å². The first-order valence-corrected chi connectivity index (χ1v) is 6.29. The van der Waals surface area contributed by atoms with Crippen LogP contribution in [-0.4, -0.2) is 17.1 Å². The highest BCUT2D eigenvalue weighted by molar-refractivity contribution is 5.80. The number of hydrogen-bond acceptors (Lipinski definition) is 2. The Hall–Kier alpha value is -2.13. The Labute approximate surface area is 112 Å². The van der Waals surface area contributed by atoms with Gasteiger partial charge in [-0.1, -0.05) is 60.7 Å². The molecule has 98 valence electrons. The third-order valence-electron chi connectivity index (χ3n) is 2.88. The molecule has 1 amide bonds. The van der Waals surface area contributed by atoms with Gasteiger partial charge in [0.15, 0.2) is 0 Å². The molecule has 19 heavy (non-hydrogen) atoms. The summed E-state index contributed by atoms with van der Waals surface area (Å²) in [6.45, 7) is 0.436. The third kappa shape index (κ3) is 4.23. The van der Waals surface area contributed by atoms with Crippen LogP contribution in [0.25, 0.3) is 0 Å². The lowest BCUT2D eigenvalue weighted by atomic mass is 10.1. The van der Waals surface area contributed by atoms with Crippen molar-refractivity contribution in [3.05, 3.63) is 71.8 Å². The maximum Gasteiger partial charge on any atom is 0.249 e. The molecule has 0 fully saturated rings. The second-order valence-electron chi connectivity index (χ2n) is 4.41. The fraction of sp³-hybridized carbons (Fsp3) is 0.188. The predicted molar refractivity (Wildman–Crippen MR) is 74.4 cm³/mol. The molecule has 3 nitrogen and oxygen atoms in total. The second-order valence-corrected chi connectivity index (χ2v) is 4.41. The number of aliphatic hydroxyl groups is 1. The van der Waals surface area contributed by atoms with Gasteiger partial charge < -0.3 is 10.4 Å². The fourth-order valence-electron chi connectivity index (χ4n) is 1.83. The zero-order chi connectivity index (χ0) is 13.5. The molecule has 0 bridgehead atoms. The van der Waals surface area contributed by atoms with E-state index in [1.807, 2.05) is 60.7 Å². The number of amides is 1. The van der Waals surface area contributed by atoms with Crippen LogP contribution in [0.1, 0.15) is 11.1 Å². The summed E-state index contributed by atoms with van der Waals surface area (Å²) in [6.07, 6.45) is -0.673. The lowest BCUT2D eigenvalue weighted by Gasteiger charge is -2.11. The number of carbonyl (C=O) groups excluding carboxylic acids is 1. The van der Waals surface area contributed by atoms with Crippen molar-refractivity contribution in [1.29, 1.82) is 0 Å². The highest BCUT2D eigenvalue weighted by Crippen LogP contribution is 2.04. The van der Waals surface area contributed by atoms with Crippen LogP contribution >= 0.6 is 0 Å². The summed E-state index contributed by atoms with van der Waals surface area (Å²) >= 11 is 0. The molecule has 2 aromatic carbocycles. The quantitative estimate of drug-likeness (QED) is 0.857. The van der Waals surface area contributed by atoms with E-state index < -0.39 is 6.10 Å². The van der Waals surface area contributed by atoms with Gasteiger partial charge in [-0.15, -0.1) is 0 Å². The molecule has 0 aromatic heterocycles. The smallest absolute Gasteiger partial charge is 0.249 e. The minimum atomic E-state index is -1.01. The van der Waals surface area contributed by atoms with E-state index in [2.05, 4.69) is 5.32 Å². The number of carbonyl (C=O) groups is 1. The summed E-state index contributed by atoms with van der Waals surface area (Å²) in [4.78, 5) is 11.8. The van der Waals surface area contributed by atoms with Gasteiger partial charge in [-0.3, -0.25) is 4.79 Å². The summed E-state index contributed by atoms with van der Waals surface area (Å²) in [6, 6.07) is 19.1. The lowest BCUT2D eigenvalue weighted by molar-refractivity contribution is -0.129. The monoisotopic (exact) mass is 255 g/mol. The van der Waals surface area contributed by atoms with Crippen LogP contribution in [-0.2, 0) is 17.8 Å². The molecule has 0 saturated heterocycles. The number of rotatable bonds is 5. The minimum Gasteiger partial charge on any atom is -0.383 e. The van der Waals surface area contributed by atoms with Gasteiger partial charge in [0.1, 0.15) is 6.10 Å². The van der Waals surface area contributed by atoms with E-state index in [4.69, 9.17) is 0 Å². The number of hydrogen-bond donors (Lipinski definition) is 2. The van der Waals surface area contributed by atoms with Gasteiger partial charge in [0.2, 0.25) is 5.91 Å². The van der Waals surface area contributed by atoms with E-state index in [0.29, 0.717) is 13.0 Å². The second kappa shape index (κ2) is 6.71. The summed E-state index contributed by atoms with van der Waals surface area (Å²) < 4.78 is 0. The van der Waals surface area contributed by atoms with Crippen LogP contribution in [0.15, 0.2) is 60.7 Å². The largest absolute Gasteiger partial charge is 0.383 e. The van der Waals surface area contributed by atoms with E-state index in [9.17, 15) is 9.90 Å². The maximum atomic E-state index is 11.8. The van der Waals surface area contributed by atoms with Crippen molar-refractivity contribution in [1.82, 2.24) is 5.32 Å². The molecule has 0 aliphatic rings. The van der Waals surface area contributed by atoms with Crippen LogP contribution in [0.2, 0.25) is 0 Å². The molecule has 0 radical (unpaired) electrons. The Kier molecular flexibility index (Phi) is 4.70. The van der Waals surface area contributed by atoms with Gasteiger partial charge in [-0.2, -0.15) is 0 Å². The molecule has 0 heterocycles. The minimum absolute atomic E-state index is 0.335. The average molecular weight is 255 g/mol. The molecule has 0 aliphatic heterocycles. The van der Waals surface area contributed by atoms with Crippen LogP contribution in [0.3, 0.4) is 0 Å². The first kappa shape index (κ1) is 13.3. The van der Waals surface area contributed by atoms with Gasteiger partial charge in [0, 0.05) is 13.0 Å². The highest BCUT2D eigenvalue weighted by Gasteiger charge is 2.14. The molecule has 1 unspecified atom stereocenters. The Morgan fingerprint density at radius 1 is 0.947 bits per heavy atom. The van der Waals surface area contributed by atoms with Crippen molar-refractivity contribution >= 4 is 5.91 Å². The first-order valence-electron chi connectivity index (χ1n) is 6.29. The fourth-order valence-corrected chi connectivity index (χ4v) is 1.83. The molecule has 2 aromatic rings. The topological polar surface area (TPSA) is 49.3 Å². The lowest BCUT2D eigenvalue weighted by Crippen LogP contribution is -2.35. The third-order valence-corrected chi connectivity index (χ3v) is 2.88. The van der Waals surface area contributed by atoms with Gasteiger partial charge in [0.25, 0.3) is 0 Å². The highest BCUT2D eigenvalue weighted by atomic mass is 16.3. The summed E-state index contributed by atoms with van der Waals surface area (Å²) in [7, 11) is 0. The first-order chi connectivity index (χ1) is 9.25. The van der Waals surface area contributed by atoms with Crippen molar-refractivity contribution in [3.8, 4) is 0 Å². The Morgan fingerprint density at radius 3 is 2.05 bits per heavy atom. The van der Waals surface area contributed by atoms with E-state index >= 15 is 0 Å². The Bertz CT molecular complexity index is 511. The molecule has 0 saturated carbocycles. The van der Waals surface area contributed by atoms with E-state index in [0.717, 1.165) is 11.1 Å². The molecular formula is C16H17NO2. The van der Waals surface area contributed by atoms with Gasteiger partial charge >= 0.3 is 0 Å². The van der Waals surface area contributed by atoms with Crippen molar-refractivity contribution in [2.75, 3.05) is 0 Å². The van der Waals surface area contributed by atoms with E-state index in [-0.39, 0.29) is 5.91 Å². The molecule has 0 aliphatic carbocycles. The normalized spacial score (nSPS) is 11.8. The molecule has 2 rings (SSSR count). The number of benzene rings is 2. The van der Waals surface area contributed by atoms with Crippen molar-refractivity contribution in [2.45, 2.75) is 19.1 Å². The van der Waals surface area contributed by atoms with Crippen molar-refractivity contribution < 1.29 is 9.90 Å². The SMILES string of the molecule is O=C(NCc1ccccc1)C(O)Cc1ccccc1.